The molecule has 5 nitrogen and oxygen atoms in total. The van der Waals surface area contributed by atoms with Crippen molar-refractivity contribution in [3.63, 3.8) is 0 Å². The van der Waals surface area contributed by atoms with E-state index in [9.17, 15) is 8.42 Å². The number of nitrogens with zero attached hydrogens (tertiary/aromatic N) is 2. The van der Waals surface area contributed by atoms with Crippen LogP contribution in [0, 0.1) is 0 Å². The third kappa shape index (κ3) is 3.47. The minimum atomic E-state index is -3.11. The first-order valence-corrected chi connectivity index (χ1v) is 6.14. The van der Waals surface area contributed by atoms with Gasteiger partial charge in [-0.2, -0.15) is 0 Å². The zero-order valence-electron chi connectivity index (χ0n) is 8.34. The van der Waals surface area contributed by atoms with Gasteiger partial charge in [-0.1, -0.05) is 0 Å². The third-order valence-electron chi connectivity index (χ3n) is 1.80. The highest BCUT2D eigenvalue weighted by Gasteiger charge is 2.11. The Morgan fingerprint density at radius 1 is 1.57 bits per heavy atom. The topological polar surface area (TPSA) is 64.0 Å². The highest BCUT2D eigenvalue weighted by Crippen LogP contribution is 1.94. The summed E-state index contributed by atoms with van der Waals surface area (Å²) in [5.41, 5.74) is 0. The maximum absolute atomic E-state index is 11.2. The van der Waals surface area contributed by atoms with E-state index < -0.39 is 10.0 Å². The minimum Gasteiger partial charge on any atom is -0.336 e. The molecular weight excluding hydrogens is 202 g/mol. The SMILES string of the molecule is CCS(=O)(=O)NC(C)Cn1ccnc1. The first kappa shape index (κ1) is 11.2. The molecule has 0 aromatic carbocycles. The van der Waals surface area contributed by atoms with E-state index in [1.807, 2.05) is 11.5 Å². The van der Waals surface area contributed by atoms with E-state index in [4.69, 9.17) is 0 Å². The zero-order valence-corrected chi connectivity index (χ0v) is 9.16. The van der Waals surface area contributed by atoms with Crippen LogP contribution in [0.15, 0.2) is 18.7 Å². The fourth-order valence-corrected chi connectivity index (χ4v) is 1.99. The van der Waals surface area contributed by atoms with Crippen molar-refractivity contribution in [1.29, 1.82) is 0 Å². The van der Waals surface area contributed by atoms with Crippen LogP contribution in [-0.2, 0) is 16.6 Å². The van der Waals surface area contributed by atoms with E-state index in [1.165, 1.54) is 0 Å². The molecule has 0 amide bonds. The van der Waals surface area contributed by atoms with Crippen LogP contribution in [0.25, 0.3) is 0 Å². The summed E-state index contributed by atoms with van der Waals surface area (Å²) in [5, 5.41) is 0. The van der Waals surface area contributed by atoms with E-state index in [2.05, 4.69) is 9.71 Å². The summed E-state index contributed by atoms with van der Waals surface area (Å²) in [6.07, 6.45) is 5.13. The van der Waals surface area contributed by atoms with Gasteiger partial charge in [-0.15, -0.1) is 0 Å². The summed E-state index contributed by atoms with van der Waals surface area (Å²) < 4.78 is 26.8. The molecule has 1 aromatic heterocycles. The number of hydrogen-bond donors (Lipinski definition) is 1. The molecule has 0 aliphatic rings. The van der Waals surface area contributed by atoms with Gasteiger partial charge in [0.1, 0.15) is 0 Å². The summed E-state index contributed by atoms with van der Waals surface area (Å²) in [7, 11) is -3.11. The second kappa shape index (κ2) is 4.56. The van der Waals surface area contributed by atoms with E-state index in [-0.39, 0.29) is 11.8 Å². The Balaban J connectivity index is 2.48. The molecule has 1 heterocycles. The predicted molar refractivity (Wildman–Crippen MR) is 54.3 cm³/mol. The van der Waals surface area contributed by atoms with Crippen LogP contribution in [0.4, 0.5) is 0 Å². The predicted octanol–water partition coefficient (Wildman–Crippen LogP) is 0.211. The maximum Gasteiger partial charge on any atom is 0.211 e. The van der Waals surface area contributed by atoms with Crippen molar-refractivity contribution in [2.45, 2.75) is 26.4 Å². The van der Waals surface area contributed by atoms with Crippen molar-refractivity contribution in [2.75, 3.05) is 5.75 Å². The van der Waals surface area contributed by atoms with Gasteiger partial charge >= 0.3 is 0 Å². The van der Waals surface area contributed by atoms with Gasteiger partial charge in [0.25, 0.3) is 0 Å². The molecule has 1 atom stereocenters. The lowest BCUT2D eigenvalue weighted by atomic mass is 10.4. The minimum absolute atomic E-state index is 0.112. The average molecular weight is 217 g/mol. The molecule has 1 aromatic rings. The number of aromatic nitrogens is 2. The molecule has 1 N–H and O–H groups in total. The Kier molecular flexibility index (Phi) is 3.65. The summed E-state index contributed by atoms with van der Waals surface area (Å²) in [5.74, 6) is 0.112. The van der Waals surface area contributed by atoms with E-state index in [0.29, 0.717) is 6.54 Å². The van der Waals surface area contributed by atoms with Crippen molar-refractivity contribution < 1.29 is 8.42 Å². The normalized spacial score (nSPS) is 14.1. The molecular formula is C8H15N3O2S. The Hall–Kier alpha value is -0.880. The first-order valence-electron chi connectivity index (χ1n) is 4.49. The van der Waals surface area contributed by atoms with Gasteiger partial charge in [0.05, 0.1) is 12.1 Å². The molecule has 80 valence electrons. The van der Waals surface area contributed by atoms with Crippen LogP contribution >= 0.6 is 0 Å². The highest BCUT2D eigenvalue weighted by atomic mass is 32.2. The first-order chi connectivity index (χ1) is 6.53. The maximum atomic E-state index is 11.2. The number of imidazole rings is 1. The van der Waals surface area contributed by atoms with Gasteiger partial charge in [0.15, 0.2) is 0 Å². The van der Waals surface area contributed by atoms with E-state index in [1.54, 1.807) is 25.6 Å². The van der Waals surface area contributed by atoms with Gasteiger partial charge in [-0.3, -0.25) is 0 Å². The smallest absolute Gasteiger partial charge is 0.211 e. The molecule has 0 saturated carbocycles. The van der Waals surface area contributed by atoms with Crippen LogP contribution in [0.3, 0.4) is 0 Å². The molecule has 14 heavy (non-hydrogen) atoms. The second-order valence-corrected chi connectivity index (χ2v) is 5.22. The summed E-state index contributed by atoms with van der Waals surface area (Å²) in [4.78, 5) is 3.88. The van der Waals surface area contributed by atoms with E-state index >= 15 is 0 Å². The van der Waals surface area contributed by atoms with Crippen LogP contribution in [0.2, 0.25) is 0 Å². The number of rotatable bonds is 5. The van der Waals surface area contributed by atoms with Gasteiger partial charge in [-0.05, 0) is 13.8 Å². The third-order valence-corrected chi connectivity index (χ3v) is 3.33. The fraction of sp³-hybridized carbons (Fsp3) is 0.625. The second-order valence-electron chi connectivity index (χ2n) is 3.18. The largest absolute Gasteiger partial charge is 0.336 e. The number of nitrogens with one attached hydrogen (secondary N) is 1. The molecule has 0 radical (unpaired) electrons. The van der Waals surface area contributed by atoms with Gasteiger partial charge in [0.2, 0.25) is 10.0 Å². The Labute approximate surface area is 84.2 Å². The molecule has 1 unspecified atom stereocenters. The summed E-state index contributed by atoms with van der Waals surface area (Å²) in [6.45, 7) is 4.04. The monoisotopic (exact) mass is 217 g/mol. The van der Waals surface area contributed by atoms with E-state index in [0.717, 1.165) is 0 Å². The number of sulfonamides is 1. The Morgan fingerprint density at radius 3 is 2.79 bits per heavy atom. The van der Waals surface area contributed by atoms with Gasteiger partial charge < -0.3 is 4.57 Å². The van der Waals surface area contributed by atoms with Crippen molar-refractivity contribution in [1.82, 2.24) is 14.3 Å². The molecule has 1 rings (SSSR count). The fourth-order valence-electron chi connectivity index (χ4n) is 1.14. The molecule has 0 aliphatic heterocycles. The lowest BCUT2D eigenvalue weighted by molar-refractivity contribution is 0.521. The zero-order chi connectivity index (χ0) is 10.6. The molecule has 0 fully saturated rings. The van der Waals surface area contributed by atoms with Crippen molar-refractivity contribution in [3.8, 4) is 0 Å². The lowest BCUT2D eigenvalue weighted by Crippen LogP contribution is -2.36. The van der Waals surface area contributed by atoms with Gasteiger partial charge in [0, 0.05) is 25.0 Å². The molecule has 0 saturated heterocycles. The van der Waals surface area contributed by atoms with Crippen LogP contribution in [0.1, 0.15) is 13.8 Å². The number of hydrogen-bond acceptors (Lipinski definition) is 3. The Bertz CT molecular complexity index is 358. The summed E-state index contributed by atoms with van der Waals surface area (Å²) >= 11 is 0. The highest BCUT2D eigenvalue weighted by molar-refractivity contribution is 7.89. The quantitative estimate of drug-likeness (QED) is 0.767. The van der Waals surface area contributed by atoms with Crippen LogP contribution in [0.5, 0.6) is 0 Å². The standard InChI is InChI=1S/C8H15N3O2S/c1-3-14(12,13)10-8(2)6-11-5-4-9-7-11/h4-5,7-8,10H,3,6H2,1-2H3. The molecule has 0 spiro atoms. The Morgan fingerprint density at radius 2 is 2.29 bits per heavy atom. The van der Waals surface area contributed by atoms with Crippen LogP contribution < -0.4 is 4.72 Å². The van der Waals surface area contributed by atoms with Crippen molar-refractivity contribution in [3.05, 3.63) is 18.7 Å². The van der Waals surface area contributed by atoms with Crippen molar-refractivity contribution in [2.24, 2.45) is 0 Å². The van der Waals surface area contributed by atoms with Gasteiger partial charge in [-0.25, -0.2) is 18.1 Å². The molecule has 0 aliphatic carbocycles. The summed E-state index contributed by atoms with van der Waals surface area (Å²) in [6, 6.07) is -0.117. The van der Waals surface area contributed by atoms with Crippen LogP contribution in [-0.4, -0.2) is 29.8 Å². The average Bonchev–Trinajstić information content (AvgIpc) is 2.55. The molecule has 6 heteroatoms. The molecule has 0 bridgehead atoms. The lowest BCUT2D eigenvalue weighted by Gasteiger charge is -2.13. The van der Waals surface area contributed by atoms with Crippen molar-refractivity contribution >= 4 is 10.0 Å².